The number of anilines is 1. The van der Waals surface area contributed by atoms with E-state index in [0.717, 1.165) is 27.3 Å². The van der Waals surface area contributed by atoms with Crippen molar-refractivity contribution in [3.8, 4) is 10.6 Å². The van der Waals surface area contributed by atoms with Crippen LogP contribution in [0.25, 0.3) is 10.6 Å². The van der Waals surface area contributed by atoms with Crippen molar-refractivity contribution in [1.29, 1.82) is 0 Å². The summed E-state index contributed by atoms with van der Waals surface area (Å²) in [5.74, 6) is -0.994. The van der Waals surface area contributed by atoms with Crippen LogP contribution in [0, 0.1) is 20.8 Å². The first-order valence-electron chi connectivity index (χ1n) is 8.49. The SMILES string of the molecule is Cc1ccc(-c2nc(C(=O)OCC(=O)Nc3cc(C)ccc3C)cs2)cc1. The number of hydrogen-bond acceptors (Lipinski definition) is 5. The van der Waals surface area contributed by atoms with Gasteiger partial charge in [-0.2, -0.15) is 0 Å². The first kappa shape index (κ1) is 18.8. The third-order valence-electron chi connectivity index (χ3n) is 4.01. The van der Waals surface area contributed by atoms with E-state index >= 15 is 0 Å². The molecule has 0 aliphatic carbocycles. The van der Waals surface area contributed by atoms with Crippen LogP contribution < -0.4 is 5.32 Å². The van der Waals surface area contributed by atoms with Crippen molar-refractivity contribution >= 4 is 28.9 Å². The van der Waals surface area contributed by atoms with Gasteiger partial charge in [-0.3, -0.25) is 4.79 Å². The van der Waals surface area contributed by atoms with Gasteiger partial charge >= 0.3 is 5.97 Å². The third kappa shape index (κ3) is 4.80. The molecule has 3 rings (SSSR count). The summed E-state index contributed by atoms with van der Waals surface area (Å²) in [6.45, 7) is 5.51. The molecule has 0 spiro atoms. The van der Waals surface area contributed by atoms with Crippen molar-refractivity contribution in [2.75, 3.05) is 11.9 Å². The second kappa shape index (κ2) is 8.14. The zero-order chi connectivity index (χ0) is 19.4. The van der Waals surface area contributed by atoms with Gasteiger partial charge in [0.15, 0.2) is 12.3 Å². The first-order chi connectivity index (χ1) is 12.9. The normalized spacial score (nSPS) is 10.5. The van der Waals surface area contributed by atoms with E-state index in [-0.39, 0.29) is 18.2 Å². The lowest BCUT2D eigenvalue weighted by molar-refractivity contribution is -0.119. The molecule has 0 fully saturated rings. The molecule has 0 saturated heterocycles. The van der Waals surface area contributed by atoms with Crippen LogP contribution in [0.2, 0.25) is 0 Å². The number of aryl methyl sites for hydroxylation is 3. The van der Waals surface area contributed by atoms with Crippen LogP contribution in [0.3, 0.4) is 0 Å². The molecule has 1 aromatic heterocycles. The maximum atomic E-state index is 12.2. The number of amides is 1. The fourth-order valence-electron chi connectivity index (χ4n) is 2.46. The van der Waals surface area contributed by atoms with E-state index in [1.807, 2.05) is 63.2 Å². The van der Waals surface area contributed by atoms with Gasteiger partial charge in [-0.25, -0.2) is 9.78 Å². The predicted molar refractivity (Wildman–Crippen MR) is 107 cm³/mol. The number of hydrogen-bond donors (Lipinski definition) is 1. The highest BCUT2D eigenvalue weighted by molar-refractivity contribution is 7.13. The molecule has 0 radical (unpaired) electrons. The van der Waals surface area contributed by atoms with E-state index < -0.39 is 5.97 Å². The summed E-state index contributed by atoms with van der Waals surface area (Å²) in [7, 11) is 0. The molecule has 27 heavy (non-hydrogen) atoms. The third-order valence-corrected chi connectivity index (χ3v) is 4.90. The smallest absolute Gasteiger partial charge is 0.358 e. The van der Waals surface area contributed by atoms with Crippen LogP contribution >= 0.6 is 11.3 Å². The highest BCUT2D eigenvalue weighted by Gasteiger charge is 2.15. The van der Waals surface area contributed by atoms with Crippen LogP contribution in [-0.2, 0) is 9.53 Å². The fraction of sp³-hybridized carbons (Fsp3) is 0.190. The minimum absolute atomic E-state index is 0.204. The van der Waals surface area contributed by atoms with Crippen molar-refractivity contribution in [1.82, 2.24) is 4.98 Å². The molecule has 1 heterocycles. The van der Waals surface area contributed by atoms with Gasteiger partial charge in [-0.05, 0) is 38.0 Å². The summed E-state index contributed by atoms with van der Waals surface area (Å²) in [5, 5.41) is 5.14. The van der Waals surface area contributed by atoms with Crippen LogP contribution in [-0.4, -0.2) is 23.5 Å². The second-order valence-electron chi connectivity index (χ2n) is 6.35. The van der Waals surface area contributed by atoms with Crippen LogP contribution in [0.4, 0.5) is 5.69 Å². The zero-order valence-corrected chi connectivity index (χ0v) is 16.2. The van der Waals surface area contributed by atoms with E-state index in [4.69, 9.17) is 4.74 Å². The largest absolute Gasteiger partial charge is 0.451 e. The molecule has 1 N–H and O–H groups in total. The van der Waals surface area contributed by atoms with Gasteiger partial charge in [0.1, 0.15) is 5.01 Å². The Morgan fingerprint density at radius 1 is 1.04 bits per heavy atom. The van der Waals surface area contributed by atoms with Gasteiger partial charge in [0, 0.05) is 16.6 Å². The summed E-state index contributed by atoms with van der Waals surface area (Å²) in [5.41, 5.74) is 5.00. The lowest BCUT2D eigenvalue weighted by Gasteiger charge is -2.09. The van der Waals surface area contributed by atoms with E-state index in [1.165, 1.54) is 11.3 Å². The summed E-state index contributed by atoms with van der Waals surface area (Å²) in [4.78, 5) is 28.5. The topological polar surface area (TPSA) is 68.3 Å². The van der Waals surface area contributed by atoms with E-state index in [1.54, 1.807) is 5.38 Å². The average Bonchev–Trinajstić information content (AvgIpc) is 3.13. The maximum absolute atomic E-state index is 12.2. The summed E-state index contributed by atoms with van der Waals surface area (Å²) in [6, 6.07) is 13.7. The summed E-state index contributed by atoms with van der Waals surface area (Å²) < 4.78 is 5.09. The monoisotopic (exact) mass is 380 g/mol. The van der Waals surface area contributed by atoms with E-state index in [9.17, 15) is 9.59 Å². The maximum Gasteiger partial charge on any atom is 0.358 e. The standard InChI is InChI=1S/C21H20N2O3S/c1-13-5-8-16(9-6-13)20-23-18(12-27-20)21(25)26-11-19(24)22-17-10-14(2)4-7-15(17)3/h4-10,12H,11H2,1-3H3,(H,22,24). The molecule has 6 heteroatoms. The zero-order valence-electron chi connectivity index (χ0n) is 15.4. The fourth-order valence-corrected chi connectivity index (χ4v) is 3.25. The molecule has 0 aliphatic heterocycles. The summed E-state index contributed by atoms with van der Waals surface area (Å²) >= 11 is 1.36. The molecule has 0 bridgehead atoms. The van der Waals surface area contributed by atoms with Crippen LogP contribution in [0.5, 0.6) is 0 Å². The molecule has 138 valence electrons. The Hall–Kier alpha value is -2.99. The van der Waals surface area contributed by atoms with Crippen LogP contribution in [0.1, 0.15) is 27.2 Å². The molecule has 5 nitrogen and oxygen atoms in total. The molecule has 0 unspecified atom stereocenters. The number of ether oxygens (including phenoxy) is 1. The van der Waals surface area contributed by atoms with Gasteiger partial charge in [-0.15, -0.1) is 11.3 Å². The van der Waals surface area contributed by atoms with Gasteiger partial charge in [0.25, 0.3) is 5.91 Å². The molecule has 0 atom stereocenters. The number of carbonyl (C=O) groups is 2. The van der Waals surface area contributed by atoms with Gasteiger partial charge in [0.2, 0.25) is 0 Å². The number of esters is 1. The molecular weight excluding hydrogens is 360 g/mol. The average molecular weight is 380 g/mol. The van der Waals surface area contributed by atoms with Crippen LogP contribution in [0.15, 0.2) is 47.8 Å². The van der Waals surface area contributed by atoms with Crippen molar-refractivity contribution < 1.29 is 14.3 Å². The van der Waals surface area contributed by atoms with E-state index in [0.29, 0.717) is 5.69 Å². The first-order valence-corrected chi connectivity index (χ1v) is 9.37. The number of nitrogens with one attached hydrogen (secondary N) is 1. The van der Waals surface area contributed by atoms with E-state index in [2.05, 4.69) is 10.3 Å². The number of thiazole rings is 1. The molecular formula is C21H20N2O3S. The van der Waals surface area contributed by atoms with Crippen molar-refractivity contribution in [2.24, 2.45) is 0 Å². The quantitative estimate of drug-likeness (QED) is 0.660. The number of rotatable bonds is 5. The Morgan fingerprint density at radius 2 is 1.74 bits per heavy atom. The van der Waals surface area contributed by atoms with Crippen molar-refractivity contribution in [3.63, 3.8) is 0 Å². The minimum Gasteiger partial charge on any atom is -0.451 e. The number of nitrogens with zero attached hydrogens (tertiary/aromatic N) is 1. The Kier molecular flexibility index (Phi) is 5.66. The van der Waals surface area contributed by atoms with Crippen molar-refractivity contribution in [3.05, 3.63) is 70.2 Å². The molecule has 2 aromatic carbocycles. The number of aromatic nitrogens is 1. The van der Waals surface area contributed by atoms with Gasteiger partial charge in [0.05, 0.1) is 0 Å². The molecule has 3 aromatic rings. The Balaban J connectivity index is 1.58. The molecule has 0 aliphatic rings. The Labute approximate surface area is 162 Å². The van der Waals surface area contributed by atoms with Gasteiger partial charge in [-0.1, -0.05) is 42.0 Å². The Bertz CT molecular complexity index is 977. The Morgan fingerprint density at radius 3 is 2.48 bits per heavy atom. The molecule has 0 saturated carbocycles. The lowest BCUT2D eigenvalue weighted by Crippen LogP contribution is -2.21. The highest BCUT2D eigenvalue weighted by Crippen LogP contribution is 2.24. The number of benzene rings is 2. The minimum atomic E-state index is -0.610. The molecule has 1 amide bonds. The van der Waals surface area contributed by atoms with Crippen molar-refractivity contribution in [2.45, 2.75) is 20.8 Å². The predicted octanol–water partition coefficient (Wildman–Crippen LogP) is 4.53. The lowest BCUT2D eigenvalue weighted by atomic mass is 10.1. The highest BCUT2D eigenvalue weighted by atomic mass is 32.1. The van der Waals surface area contributed by atoms with Gasteiger partial charge < -0.3 is 10.1 Å². The summed E-state index contributed by atoms with van der Waals surface area (Å²) in [6.07, 6.45) is 0. The number of carbonyl (C=O) groups excluding carboxylic acids is 2. The second-order valence-corrected chi connectivity index (χ2v) is 7.20.